The zero-order valence-electron chi connectivity index (χ0n) is 5.87. The van der Waals surface area contributed by atoms with Crippen molar-refractivity contribution in [2.75, 3.05) is 0 Å². The highest BCUT2D eigenvalue weighted by Crippen LogP contribution is 2.08. The molecule has 0 aromatic heterocycles. The van der Waals surface area contributed by atoms with Crippen molar-refractivity contribution in [2.45, 2.75) is 6.92 Å². The largest absolute Gasteiger partial charge is 0.431 e. The summed E-state index contributed by atoms with van der Waals surface area (Å²) in [5.74, 6) is -0.664. The number of ether oxygens (including phenoxy) is 2. The molecule has 0 spiro atoms. The fourth-order valence-corrected chi connectivity index (χ4v) is 0.539. The predicted molar refractivity (Wildman–Crippen MR) is 35.1 cm³/mol. The van der Waals surface area contributed by atoms with Crippen molar-refractivity contribution in [3.05, 3.63) is 24.2 Å². The fourth-order valence-electron chi connectivity index (χ4n) is 0.539. The normalized spacial score (nSPS) is 18.6. The van der Waals surface area contributed by atoms with E-state index < -0.39 is 11.9 Å². The van der Waals surface area contributed by atoms with Crippen molar-refractivity contribution in [1.82, 2.24) is 0 Å². The Bertz CT molecular complexity index is 249. The number of esters is 2. The first-order valence-corrected chi connectivity index (χ1v) is 2.96. The third kappa shape index (κ3) is 2.25. The average molecular weight is 154 g/mol. The molecule has 1 aliphatic heterocycles. The summed E-state index contributed by atoms with van der Waals surface area (Å²) < 4.78 is 8.99. The number of allylic oxidation sites excluding steroid dienone is 1. The summed E-state index contributed by atoms with van der Waals surface area (Å²) in [5.41, 5.74) is 0. The molecule has 1 aliphatic rings. The summed E-state index contributed by atoms with van der Waals surface area (Å²) in [5, 5.41) is 0. The zero-order chi connectivity index (χ0) is 8.27. The lowest BCUT2D eigenvalue weighted by Crippen LogP contribution is -1.94. The van der Waals surface area contributed by atoms with Crippen LogP contribution in [0.4, 0.5) is 0 Å². The molecule has 0 bridgehead atoms. The summed E-state index contributed by atoms with van der Waals surface area (Å²) >= 11 is 0. The SMILES string of the molecule is CC(=O)O/C=C1/C=CC(=O)O1. The van der Waals surface area contributed by atoms with Gasteiger partial charge in [-0.25, -0.2) is 4.79 Å². The highest BCUT2D eigenvalue weighted by Gasteiger charge is 2.09. The van der Waals surface area contributed by atoms with Crippen molar-refractivity contribution in [2.24, 2.45) is 0 Å². The summed E-state index contributed by atoms with van der Waals surface area (Å²) in [4.78, 5) is 20.7. The molecule has 11 heavy (non-hydrogen) atoms. The molecule has 0 saturated carbocycles. The van der Waals surface area contributed by atoms with Crippen LogP contribution in [0.5, 0.6) is 0 Å². The third-order valence-electron chi connectivity index (χ3n) is 0.943. The minimum absolute atomic E-state index is 0.241. The first-order chi connectivity index (χ1) is 5.18. The van der Waals surface area contributed by atoms with Crippen LogP contribution in [0.15, 0.2) is 24.2 Å². The molecule has 0 fully saturated rings. The Morgan fingerprint density at radius 1 is 1.64 bits per heavy atom. The second-order valence-electron chi connectivity index (χ2n) is 1.88. The van der Waals surface area contributed by atoms with Crippen molar-refractivity contribution in [3.63, 3.8) is 0 Å². The molecule has 0 radical (unpaired) electrons. The van der Waals surface area contributed by atoms with Crippen LogP contribution in [-0.2, 0) is 19.1 Å². The molecular weight excluding hydrogens is 148 g/mol. The number of hydrogen-bond donors (Lipinski definition) is 0. The Morgan fingerprint density at radius 2 is 2.36 bits per heavy atom. The highest BCUT2D eigenvalue weighted by molar-refractivity contribution is 5.86. The minimum atomic E-state index is -0.455. The lowest BCUT2D eigenvalue weighted by Gasteiger charge is -1.94. The van der Waals surface area contributed by atoms with Gasteiger partial charge >= 0.3 is 11.9 Å². The van der Waals surface area contributed by atoms with E-state index in [1.165, 1.54) is 19.1 Å². The molecular formula is C7H6O4. The van der Waals surface area contributed by atoms with Crippen LogP contribution in [0, 0.1) is 0 Å². The molecule has 0 N–H and O–H groups in total. The number of hydrogen-bond acceptors (Lipinski definition) is 4. The summed E-state index contributed by atoms with van der Waals surface area (Å²) in [6.45, 7) is 1.26. The maximum atomic E-state index is 10.4. The molecule has 4 nitrogen and oxygen atoms in total. The predicted octanol–water partition coefficient (Wildman–Crippen LogP) is 0.504. The molecule has 58 valence electrons. The second-order valence-corrected chi connectivity index (χ2v) is 1.88. The van der Waals surface area contributed by atoms with Gasteiger partial charge in [0.1, 0.15) is 6.26 Å². The van der Waals surface area contributed by atoms with E-state index in [1.54, 1.807) is 0 Å². The van der Waals surface area contributed by atoms with Gasteiger partial charge in [-0.1, -0.05) is 0 Å². The topological polar surface area (TPSA) is 52.6 Å². The number of carbonyl (C=O) groups excluding carboxylic acids is 2. The van der Waals surface area contributed by atoms with E-state index in [0.29, 0.717) is 0 Å². The standard InChI is InChI=1S/C7H6O4/c1-5(8)10-4-6-2-3-7(9)11-6/h2-4H,1H3/b6-4-. The van der Waals surface area contributed by atoms with Crippen LogP contribution < -0.4 is 0 Å². The Balaban J connectivity index is 2.50. The second kappa shape index (κ2) is 3.01. The molecule has 0 aromatic carbocycles. The highest BCUT2D eigenvalue weighted by atomic mass is 16.6. The maximum absolute atomic E-state index is 10.4. The molecule has 1 heterocycles. The molecule has 0 saturated heterocycles. The van der Waals surface area contributed by atoms with Gasteiger partial charge in [-0.2, -0.15) is 0 Å². The van der Waals surface area contributed by atoms with Gasteiger partial charge in [0.05, 0.1) is 0 Å². The van der Waals surface area contributed by atoms with E-state index in [9.17, 15) is 9.59 Å². The van der Waals surface area contributed by atoms with Crippen LogP contribution in [0.1, 0.15) is 6.92 Å². The van der Waals surface area contributed by atoms with Gasteiger partial charge in [-0.15, -0.1) is 0 Å². The molecule has 0 unspecified atom stereocenters. The van der Waals surface area contributed by atoms with Gasteiger partial charge in [-0.05, 0) is 6.08 Å². The van der Waals surface area contributed by atoms with E-state index in [1.807, 2.05) is 0 Å². The Labute approximate surface area is 63.1 Å². The third-order valence-corrected chi connectivity index (χ3v) is 0.943. The quantitative estimate of drug-likeness (QED) is 0.407. The van der Waals surface area contributed by atoms with E-state index in [4.69, 9.17) is 0 Å². The van der Waals surface area contributed by atoms with Crippen LogP contribution in [0.2, 0.25) is 0 Å². The Hall–Kier alpha value is -1.58. The van der Waals surface area contributed by atoms with Gasteiger partial charge in [0.15, 0.2) is 5.76 Å². The Morgan fingerprint density at radius 3 is 2.82 bits per heavy atom. The van der Waals surface area contributed by atoms with E-state index in [0.717, 1.165) is 6.26 Å². The van der Waals surface area contributed by atoms with Crippen LogP contribution in [0.25, 0.3) is 0 Å². The van der Waals surface area contributed by atoms with Crippen LogP contribution in [0.3, 0.4) is 0 Å². The van der Waals surface area contributed by atoms with E-state index in [2.05, 4.69) is 9.47 Å². The minimum Gasteiger partial charge on any atom is -0.431 e. The Kier molecular flexibility index (Phi) is 2.06. The average Bonchev–Trinajstić information content (AvgIpc) is 2.31. The van der Waals surface area contributed by atoms with E-state index >= 15 is 0 Å². The van der Waals surface area contributed by atoms with Crippen molar-refractivity contribution < 1.29 is 19.1 Å². The van der Waals surface area contributed by atoms with Gasteiger partial charge < -0.3 is 9.47 Å². The molecule has 0 aliphatic carbocycles. The fraction of sp³-hybridized carbons (Fsp3) is 0.143. The van der Waals surface area contributed by atoms with Gasteiger partial charge in [-0.3, -0.25) is 4.79 Å². The zero-order valence-corrected chi connectivity index (χ0v) is 5.87. The van der Waals surface area contributed by atoms with Crippen LogP contribution >= 0.6 is 0 Å². The van der Waals surface area contributed by atoms with Crippen LogP contribution in [-0.4, -0.2) is 11.9 Å². The van der Waals surface area contributed by atoms with Crippen molar-refractivity contribution in [1.29, 1.82) is 0 Å². The van der Waals surface area contributed by atoms with Crippen molar-refractivity contribution >= 4 is 11.9 Å². The van der Waals surface area contributed by atoms with Gasteiger partial charge in [0.2, 0.25) is 0 Å². The smallest absolute Gasteiger partial charge is 0.336 e. The molecule has 1 rings (SSSR count). The number of carbonyl (C=O) groups is 2. The van der Waals surface area contributed by atoms with E-state index in [-0.39, 0.29) is 5.76 Å². The summed E-state index contributed by atoms with van der Waals surface area (Å²) in [7, 11) is 0. The number of cyclic esters (lactones) is 1. The number of rotatable bonds is 1. The summed E-state index contributed by atoms with van der Waals surface area (Å²) in [6.07, 6.45) is 3.75. The molecule has 0 atom stereocenters. The van der Waals surface area contributed by atoms with Gasteiger partial charge in [0.25, 0.3) is 0 Å². The molecule has 0 amide bonds. The summed E-state index contributed by atoms with van der Waals surface area (Å²) in [6, 6.07) is 0. The van der Waals surface area contributed by atoms with Crippen molar-refractivity contribution in [3.8, 4) is 0 Å². The lowest BCUT2D eigenvalue weighted by atomic mass is 10.5. The molecule has 4 heteroatoms. The van der Waals surface area contributed by atoms with Gasteiger partial charge in [0, 0.05) is 13.0 Å². The first-order valence-electron chi connectivity index (χ1n) is 2.96. The monoisotopic (exact) mass is 154 g/mol. The lowest BCUT2D eigenvalue weighted by molar-refractivity contribution is -0.137. The maximum Gasteiger partial charge on any atom is 0.336 e. The molecule has 0 aromatic rings. The first kappa shape index (κ1) is 7.53.